The summed E-state index contributed by atoms with van der Waals surface area (Å²) in [7, 11) is 0. The number of nitriles is 2. The third-order valence-corrected chi connectivity index (χ3v) is 4.95. The maximum Gasteiger partial charge on any atom is 0.205 e. The van der Waals surface area contributed by atoms with Crippen LogP contribution in [0.4, 0.5) is 5.69 Å². The number of hydrogen-bond donors (Lipinski definition) is 1. The third-order valence-electron chi connectivity index (χ3n) is 4.95. The monoisotopic (exact) mass is 313 g/mol. The lowest BCUT2D eigenvalue weighted by molar-refractivity contribution is 0.566. The van der Waals surface area contributed by atoms with Crippen LogP contribution in [0.5, 0.6) is 0 Å². The summed E-state index contributed by atoms with van der Waals surface area (Å²) in [6.45, 7) is 0. The summed E-state index contributed by atoms with van der Waals surface area (Å²) in [5, 5.41) is 18.1. The van der Waals surface area contributed by atoms with Gasteiger partial charge in [0.25, 0.3) is 0 Å². The van der Waals surface area contributed by atoms with Gasteiger partial charge in [-0.1, -0.05) is 12.5 Å². The Morgan fingerprint density at radius 3 is 2.88 bits per heavy atom. The normalized spacial score (nSPS) is 23.2. The van der Waals surface area contributed by atoms with E-state index in [0.29, 0.717) is 5.69 Å². The smallest absolute Gasteiger partial charge is 0.205 e. The Labute approximate surface area is 140 Å². The van der Waals surface area contributed by atoms with Crippen molar-refractivity contribution >= 4 is 17.6 Å². The van der Waals surface area contributed by atoms with E-state index in [9.17, 15) is 0 Å². The van der Waals surface area contributed by atoms with Crippen molar-refractivity contribution in [2.24, 2.45) is 9.98 Å². The van der Waals surface area contributed by atoms with Gasteiger partial charge in [0, 0.05) is 17.6 Å². The second-order valence-corrected chi connectivity index (χ2v) is 6.22. The first-order valence-corrected chi connectivity index (χ1v) is 8.02. The number of nitrogens with zero attached hydrogens (tertiary/aromatic N) is 4. The maximum absolute atomic E-state index is 9.06. The maximum atomic E-state index is 9.06. The zero-order valence-corrected chi connectivity index (χ0v) is 13.1. The van der Waals surface area contributed by atoms with E-state index in [0.717, 1.165) is 53.9 Å². The molecule has 1 aromatic carbocycles. The number of fused-ring (bicyclic) bond motifs is 2. The molecule has 0 bridgehead atoms. The molecule has 1 N–H and O–H groups in total. The highest BCUT2D eigenvalue weighted by Gasteiger charge is 2.42. The molecular weight excluding hydrogens is 298 g/mol. The highest BCUT2D eigenvalue weighted by molar-refractivity contribution is 6.13. The molecule has 1 saturated carbocycles. The molecule has 0 saturated heterocycles. The molecule has 1 spiro atoms. The van der Waals surface area contributed by atoms with Crippen LogP contribution < -0.4 is 0 Å². The number of aliphatic imine (C=N–C) groups is 2. The van der Waals surface area contributed by atoms with Gasteiger partial charge in [-0.2, -0.15) is 15.5 Å². The lowest BCUT2D eigenvalue weighted by Gasteiger charge is -2.33. The van der Waals surface area contributed by atoms with Crippen LogP contribution in [0, 0.1) is 22.8 Å². The Morgan fingerprint density at radius 1 is 1.17 bits per heavy atom. The van der Waals surface area contributed by atoms with E-state index in [1.54, 1.807) is 6.07 Å². The molecule has 5 heteroatoms. The lowest BCUT2D eigenvalue weighted by atomic mass is 9.69. The van der Waals surface area contributed by atoms with Crippen LogP contribution in [-0.4, -0.2) is 16.9 Å². The van der Waals surface area contributed by atoms with Gasteiger partial charge in [0.1, 0.15) is 11.8 Å². The first-order chi connectivity index (χ1) is 11.8. The topological polar surface area (TPSA) is 88.1 Å². The minimum absolute atomic E-state index is 0.343. The van der Waals surface area contributed by atoms with Crippen molar-refractivity contribution in [2.75, 3.05) is 0 Å². The Bertz CT molecular complexity index is 951. The number of rotatable bonds is 1. The largest absolute Gasteiger partial charge is 0.346 e. The molecular formula is C19H15N5. The number of aromatic nitrogens is 1. The van der Waals surface area contributed by atoms with Gasteiger partial charge in [-0.3, -0.25) is 4.99 Å². The summed E-state index contributed by atoms with van der Waals surface area (Å²) >= 11 is 0. The average molecular weight is 313 g/mol. The minimum Gasteiger partial charge on any atom is -0.346 e. The van der Waals surface area contributed by atoms with Gasteiger partial charge in [0.05, 0.1) is 11.1 Å². The SMILES string of the molecule is N#CN=C1CCCCC12C=Nc1ccc(-c3ccc(C#N)[nH]3)cc12. The Balaban J connectivity index is 1.84. The van der Waals surface area contributed by atoms with E-state index < -0.39 is 0 Å². The molecule has 1 aromatic heterocycles. The molecule has 0 amide bonds. The molecule has 2 aliphatic rings. The van der Waals surface area contributed by atoms with Crippen LogP contribution in [0.3, 0.4) is 0 Å². The second-order valence-electron chi connectivity index (χ2n) is 6.22. The molecule has 1 fully saturated rings. The second kappa shape index (κ2) is 5.47. The van der Waals surface area contributed by atoms with Crippen LogP contribution >= 0.6 is 0 Å². The van der Waals surface area contributed by atoms with Crippen molar-refractivity contribution in [3.63, 3.8) is 0 Å². The van der Waals surface area contributed by atoms with E-state index in [1.807, 2.05) is 30.6 Å². The molecule has 5 nitrogen and oxygen atoms in total. The van der Waals surface area contributed by atoms with Crippen LogP contribution in [0.15, 0.2) is 40.3 Å². The minimum atomic E-state index is -0.343. The number of aromatic amines is 1. The molecule has 1 unspecified atom stereocenters. The van der Waals surface area contributed by atoms with E-state index in [4.69, 9.17) is 10.5 Å². The van der Waals surface area contributed by atoms with Crippen LogP contribution in [0.25, 0.3) is 11.3 Å². The highest BCUT2D eigenvalue weighted by Crippen LogP contribution is 2.46. The van der Waals surface area contributed by atoms with Gasteiger partial charge < -0.3 is 4.98 Å². The lowest BCUT2D eigenvalue weighted by Crippen LogP contribution is -2.38. The van der Waals surface area contributed by atoms with E-state index in [1.165, 1.54) is 0 Å². The quantitative estimate of drug-likeness (QED) is 0.806. The number of benzene rings is 1. The number of H-pyrrole nitrogens is 1. The highest BCUT2D eigenvalue weighted by atomic mass is 14.8. The molecule has 1 aliphatic carbocycles. The fraction of sp³-hybridized carbons (Fsp3) is 0.263. The number of hydrogen-bond acceptors (Lipinski definition) is 4. The third kappa shape index (κ3) is 2.06. The zero-order valence-electron chi connectivity index (χ0n) is 13.1. The van der Waals surface area contributed by atoms with Gasteiger partial charge in [0.2, 0.25) is 6.19 Å². The van der Waals surface area contributed by atoms with Crippen molar-refractivity contribution in [3.8, 4) is 23.5 Å². The average Bonchev–Trinajstić information content (AvgIpc) is 3.23. The molecule has 116 valence electrons. The molecule has 1 aliphatic heterocycles. The van der Waals surface area contributed by atoms with Crippen molar-refractivity contribution in [1.29, 1.82) is 10.5 Å². The molecule has 4 rings (SSSR count). The zero-order chi connectivity index (χ0) is 16.6. The predicted molar refractivity (Wildman–Crippen MR) is 92.3 cm³/mol. The van der Waals surface area contributed by atoms with Crippen molar-refractivity contribution < 1.29 is 0 Å². The standard InChI is InChI=1S/C19H15N5/c20-10-14-5-7-16(24-14)13-4-6-17-15(9-13)19(11-22-17)8-2-1-3-18(19)23-12-21/h4-7,9,11,24H,1-3,8H2. The Hall–Kier alpha value is -3.18. The van der Waals surface area contributed by atoms with E-state index in [2.05, 4.69) is 27.1 Å². The first-order valence-electron chi connectivity index (χ1n) is 8.02. The summed E-state index contributed by atoms with van der Waals surface area (Å²) in [6.07, 6.45) is 7.86. The number of nitrogens with one attached hydrogen (secondary N) is 1. The van der Waals surface area contributed by atoms with Gasteiger partial charge >= 0.3 is 0 Å². The van der Waals surface area contributed by atoms with Crippen LogP contribution in [0.2, 0.25) is 0 Å². The molecule has 2 heterocycles. The summed E-state index contributed by atoms with van der Waals surface area (Å²) in [4.78, 5) is 11.8. The predicted octanol–water partition coefficient (Wildman–Crippen LogP) is 4.00. The first kappa shape index (κ1) is 14.4. The van der Waals surface area contributed by atoms with Crippen LogP contribution in [-0.2, 0) is 5.41 Å². The summed E-state index contributed by atoms with van der Waals surface area (Å²) in [6, 6.07) is 11.9. The Morgan fingerprint density at radius 2 is 2.08 bits per heavy atom. The van der Waals surface area contributed by atoms with Crippen LogP contribution in [0.1, 0.15) is 36.9 Å². The van der Waals surface area contributed by atoms with Crippen molar-refractivity contribution in [2.45, 2.75) is 31.1 Å². The molecule has 1 atom stereocenters. The Kier molecular flexibility index (Phi) is 3.29. The van der Waals surface area contributed by atoms with Gasteiger partial charge in [0.15, 0.2) is 0 Å². The summed E-state index contributed by atoms with van der Waals surface area (Å²) < 4.78 is 0. The van der Waals surface area contributed by atoms with Gasteiger partial charge in [-0.25, -0.2) is 0 Å². The fourth-order valence-corrected chi connectivity index (χ4v) is 3.76. The fourth-order valence-electron chi connectivity index (χ4n) is 3.76. The summed E-state index contributed by atoms with van der Waals surface area (Å²) in [5.41, 5.74) is 5.10. The van der Waals surface area contributed by atoms with Gasteiger partial charge in [-0.05, 0) is 54.7 Å². The van der Waals surface area contributed by atoms with Gasteiger partial charge in [-0.15, -0.1) is 0 Å². The van der Waals surface area contributed by atoms with Crippen molar-refractivity contribution in [3.05, 3.63) is 41.6 Å². The molecule has 0 radical (unpaired) electrons. The van der Waals surface area contributed by atoms with E-state index >= 15 is 0 Å². The van der Waals surface area contributed by atoms with Crippen molar-refractivity contribution in [1.82, 2.24) is 4.98 Å². The van der Waals surface area contributed by atoms with E-state index in [-0.39, 0.29) is 5.41 Å². The molecule has 24 heavy (non-hydrogen) atoms. The molecule has 2 aromatic rings. The summed E-state index contributed by atoms with van der Waals surface area (Å²) in [5.74, 6) is 0.